The van der Waals surface area contributed by atoms with Gasteiger partial charge in [-0.15, -0.1) is 0 Å². The maximum atomic E-state index is 12.6. The summed E-state index contributed by atoms with van der Waals surface area (Å²) in [4.78, 5) is 21.1. The Balaban J connectivity index is 1.99. The molecule has 7 nitrogen and oxygen atoms in total. The maximum absolute atomic E-state index is 12.6. The van der Waals surface area contributed by atoms with Crippen LogP contribution in [0.2, 0.25) is 0 Å². The van der Waals surface area contributed by atoms with E-state index in [1.54, 1.807) is 50.9 Å². The molecule has 0 aliphatic rings. The summed E-state index contributed by atoms with van der Waals surface area (Å²) in [6.45, 7) is 0. The number of carbonyl (C=O) groups excluding carboxylic acids is 1. The Morgan fingerprint density at radius 2 is 1.88 bits per heavy atom. The number of pyridine rings is 1. The van der Waals surface area contributed by atoms with E-state index in [4.69, 9.17) is 9.47 Å². The zero-order valence-corrected chi connectivity index (χ0v) is 14.8. The van der Waals surface area contributed by atoms with Crippen LogP contribution in [0.1, 0.15) is 27.9 Å². The standard InChI is InChI=1S/C19H20N4O3/c1-23-11-10-21-18(23)17(22-19(24)14-6-4-5-9-20-14)13-7-8-15(25-2)16(12-13)26-3/h4-12,17H,1-3H3,(H,22,24)/t17-/m1/s1. The van der Waals surface area contributed by atoms with Gasteiger partial charge in [0.2, 0.25) is 0 Å². The molecule has 2 aromatic heterocycles. The summed E-state index contributed by atoms with van der Waals surface area (Å²) in [7, 11) is 5.03. The fourth-order valence-electron chi connectivity index (χ4n) is 2.69. The van der Waals surface area contributed by atoms with Gasteiger partial charge in [0.05, 0.1) is 14.2 Å². The Bertz CT molecular complexity index is 893. The predicted octanol–water partition coefficient (Wildman–Crippen LogP) is 2.35. The minimum Gasteiger partial charge on any atom is -0.493 e. The summed E-state index contributed by atoms with van der Waals surface area (Å²) in [5.74, 6) is 1.61. The number of ether oxygens (including phenoxy) is 2. The number of amides is 1. The Hall–Kier alpha value is -3.35. The van der Waals surface area contributed by atoms with E-state index in [0.29, 0.717) is 23.0 Å². The Kier molecular flexibility index (Phi) is 5.17. The van der Waals surface area contributed by atoms with Crippen LogP contribution in [-0.2, 0) is 7.05 Å². The van der Waals surface area contributed by atoms with Gasteiger partial charge in [0, 0.05) is 25.6 Å². The highest BCUT2D eigenvalue weighted by molar-refractivity contribution is 5.92. The Labute approximate surface area is 151 Å². The number of methoxy groups -OCH3 is 2. The summed E-state index contributed by atoms with van der Waals surface area (Å²) in [6.07, 6.45) is 5.10. The third-order valence-electron chi connectivity index (χ3n) is 4.03. The quantitative estimate of drug-likeness (QED) is 0.737. The molecule has 0 bridgehead atoms. The number of aromatic nitrogens is 3. The zero-order valence-electron chi connectivity index (χ0n) is 14.8. The first-order valence-electron chi connectivity index (χ1n) is 8.05. The van der Waals surface area contributed by atoms with Crippen molar-refractivity contribution in [3.8, 4) is 11.5 Å². The third kappa shape index (κ3) is 3.51. The van der Waals surface area contributed by atoms with Gasteiger partial charge in [0.15, 0.2) is 11.5 Å². The SMILES string of the molecule is COc1ccc([C@@H](NC(=O)c2ccccn2)c2nccn2C)cc1OC. The minimum atomic E-state index is -0.468. The second-order valence-electron chi connectivity index (χ2n) is 5.63. The van der Waals surface area contributed by atoms with E-state index < -0.39 is 6.04 Å². The molecule has 0 aliphatic carbocycles. The van der Waals surface area contributed by atoms with Crippen LogP contribution in [-0.4, -0.2) is 34.7 Å². The molecular weight excluding hydrogens is 332 g/mol. The van der Waals surface area contributed by atoms with E-state index in [-0.39, 0.29) is 5.91 Å². The van der Waals surface area contributed by atoms with Gasteiger partial charge in [0.25, 0.3) is 5.91 Å². The minimum absolute atomic E-state index is 0.284. The number of benzene rings is 1. The van der Waals surface area contributed by atoms with Crippen molar-refractivity contribution in [3.63, 3.8) is 0 Å². The van der Waals surface area contributed by atoms with Crippen LogP contribution in [0.4, 0.5) is 0 Å². The monoisotopic (exact) mass is 352 g/mol. The Morgan fingerprint density at radius 1 is 1.08 bits per heavy atom. The molecule has 1 amide bonds. The molecule has 134 valence electrons. The smallest absolute Gasteiger partial charge is 0.270 e. The summed E-state index contributed by atoms with van der Waals surface area (Å²) in [6, 6.07) is 10.2. The first-order valence-corrected chi connectivity index (χ1v) is 8.05. The van der Waals surface area contributed by atoms with Crippen molar-refractivity contribution >= 4 is 5.91 Å². The number of carbonyl (C=O) groups is 1. The lowest BCUT2D eigenvalue weighted by Crippen LogP contribution is -2.31. The van der Waals surface area contributed by atoms with E-state index in [1.165, 1.54) is 0 Å². The Morgan fingerprint density at radius 3 is 2.50 bits per heavy atom. The highest BCUT2D eigenvalue weighted by Gasteiger charge is 2.23. The van der Waals surface area contributed by atoms with Crippen molar-refractivity contribution in [2.75, 3.05) is 14.2 Å². The molecule has 0 saturated heterocycles. The molecule has 0 saturated carbocycles. The number of hydrogen-bond acceptors (Lipinski definition) is 5. The van der Waals surface area contributed by atoms with E-state index in [9.17, 15) is 4.79 Å². The third-order valence-corrected chi connectivity index (χ3v) is 4.03. The normalized spacial score (nSPS) is 11.7. The summed E-state index contributed by atoms with van der Waals surface area (Å²) >= 11 is 0. The molecule has 1 N–H and O–H groups in total. The molecule has 3 aromatic rings. The lowest BCUT2D eigenvalue weighted by Gasteiger charge is -2.20. The van der Waals surface area contributed by atoms with E-state index >= 15 is 0 Å². The fraction of sp³-hybridized carbons (Fsp3) is 0.211. The van der Waals surface area contributed by atoms with Crippen LogP contribution < -0.4 is 14.8 Å². The van der Waals surface area contributed by atoms with Crippen LogP contribution in [0.3, 0.4) is 0 Å². The summed E-state index contributed by atoms with van der Waals surface area (Å²) in [5, 5.41) is 3.00. The van der Waals surface area contributed by atoms with Gasteiger partial charge < -0.3 is 19.4 Å². The average Bonchev–Trinajstić information content (AvgIpc) is 3.11. The van der Waals surface area contributed by atoms with E-state index in [2.05, 4.69) is 15.3 Å². The van der Waals surface area contributed by atoms with Crippen LogP contribution >= 0.6 is 0 Å². The van der Waals surface area contributed by atoms with Crippen molar-refractivity contribution in [2.24, 2.45) is 7.05 Å². The number of rotatable bonds is 6. The van der Waals surface area contributed by atoms with Gasteiger partial charge in [-0.25, -0.2) is 4.98 Å². The van der Waals surface area contributed by atoms with Crippen molar-refractivity contribution in [2.45, 2.75) is 6.04 Å². The molecule has 0 radical (unpaired) electrons. The molecule has 3 rings (SSSR count). The molecule has 2 heterocycles. The van der Waals surface area contributed by atoms with Crippen LogP contribution in [0.15, 0.2) is 55.0 Å². The number of hydrogen-bond donors (Lipinski definition) is 1. The molecule has 1 atom stereocenters. The van der Waals surface area contributed by atoms with Crippen molar-refractivity contribution < 1.29 is 14.3 Å². The van der Waals surface area contributed by atoms with Crippen LogP contribution in [0.25, 0.3) is 0 Å². The van der Waals surface area contributed by atoms with Gasteiger partial charge >= 0.3 is 0 Å². The maximum Gasteiger partial charge on any atom is 0.270 e. The highest BCUT2D eigenvalue weighted by atomic mass is 16.5. The van der Waals surface area contributed by atoms with Gasteiger partial charge in [-0.1, -0.05) is 12.1 Å². The topological polar surface area (TPSA) is 78.3 Å². The predicted molar refractivity (Wildman–Crippen MR) is 96.3 cm³/mol. The second-order valence-corrected chi connectivity index (χ2v) is 5.63. The number of nitrogens with zero attached hydrogens (tertiary/aromatic N) is 3. The molecule has 7 heteroatoms. The first kappa shape index (κ1) is 17.5. The molecule has 1 aromatic carbocycles. The fourth-order valence-corrected chi connectivity index (χ4v) is 2.69. The van der Waals surface area contributed by atoms with E-state index in [1.807, 2.05) is 29.9 Å². The van der Waals surface area contributed by atoms with Gasteiger partial charge in [-0.2, -0.15) is 0 Å². The van der Waals surface area contributed by atoms with Crippen molar-refractivity contribution in [3.05, 3.63) is 72.1 Å². The summed E-state index contributed by atoms with van der Waals surface area (Å²) < 4.78 is 12.5. The summed E-state index contributed by atoms with van der Waals surface area (Å²) in [5.41, 5.74) is 1.16. The molecule has 0 unspecified atom stereocenters. The van der Waals surface area contributed by atoms with Crippen molar-refractivity contribution in [1.29, 1.82) is 0 Å². The van der Waals surface area contributed by atoms with Gasteiger partial charge in [-0.05, 0) is 29.8 Å². The highest BCUT2D eigenvalue weighted by Crippen LogP contribution is 2.31. The molecular formula is C19H20N4O3. The van der Waals surface area contributed by atoms with Crippen LogP contribution in [0.5, 0.6) is 11.5 Å². The molecule has 0 fully saturated rings. The van der Waals surface area contributed by atoms with Gasteiger partial charge in [0.1, 0.15) is 17.6 Å². The number of nitrogens with one attached hydrogen (secondary N) is 1. The molecule has 26 heavy (non-hydrogen) atoms. The van der Waals surface area contributed by atoms with Crippen LogP contribution in [0, 0.1) is 0 Å². The number of aryl methyl sites for hydroxylation is 1. The van der Waals surface area contributed by atoms with Gasteiger partial charge in [-0.3, -0.25) is 9.78 Å². The largest absolute Gasteiger partial charge is 0.493 e. The lowest BCUT2D eigenvalue weighted by molar-refractivity contribution is 0.0936. The second kappa shape index (κ2) is 7.69. The average molecular weight is 352 g/mol. The van der Waals surface area contributed by atoms with E-state index in [0.717, 1.165) is 5.56 Å². The number of imidazole rings is 1. The van der Waals surface area contributed by atoms with Crippen molar-refractivity contribution in [1.82, 2.24) is 19.9 Å². The zero-order chi connectivity index (χ0) is 18.5. The lowest BCUT2D eigenvalue weighted by atomic mass is 10.0. The molecule has 0 aliphatic heterocycles. The molecule has 0 spiro atoms. The first-order chi connectivity index (χ1) is 12.6.